The molecular formula is C11H6BrFOS. The van der Waals surface area contributed by atoms with Crippen molar-refractivity contribution in [3.05, 3.63) is 56.4 Å². The number of ketones is 1. The van der Waals surface area contributed by atoms with Gasteiger partial charge in [0.2, 0.25) is 5.78 Å². The molecule has 0 N–H and O–H groups in total. The van der Waals surface area contributed by atoms with E-state index in [0.717, 1.165) is 3.79 Å². The first kappa shape index (κ1) is 10.5. The summed E-state index contributed by atoms with van der Waals surface area (Å²) < 4.78 is 13.8. The zero-order valence-electron chi connectivity index (χ0n) is 7.54. The molecule has 0 unspecified atom stereocenters. The van der Waals surface area contributed by atoms with E-state index in [1.807, 2.05) is 0 Å². The second kappa shape index (κ2) is 4.24. The quantitative estimate of drug-likeness (QED) is 0.765. The molecule has 4 heteroatoms. The van der Waals surface area contributed by atoms with Crippen molar-refractivity contribution in [3.63, 3.8) is 0 Å². The maximum absolute atomic E-state index is 12.9. The number of carbonyl (C=O) groups excluding carboxylic acids is 1. The highest BCUT2D eigenvalue weighted by molar-refractivity contribution is 9.11. The van der Waals surface area contributed by atoms with E-state index >= 15 is 0 Å². The van der Waals surface area contributed by atoms with Gasteiger partial charge in [0.1, 0.15) is 5.82 Å². The molecule has 0 spiro atoms. The van der Waals surface area contributed by atoms with E-state index in [9.17, 15) is 9.18 Å². The van der Waals surface area contributed by atoms with Crippen molar-refractivity contribution in [3.8, 4) is 0 Å². The molecule has 2 aromatic rings. The number of halogens is 2. The Bertz CT molecular complexity index is 507. The van der Waals surface area contributed by atoms with Gasteiger partial charge < -0.3 is 0 Å². The Kier molecular flexibility index (Phi) is 2.98. The largest absolute Gasteiger partial charge is 0.288 e. The Morgan fingerprint density at radius 1 is 1.27 bits per heavy atom. The first-order chi connectivity index (χ1) is 7.16. The van der Waals surface area contributed by atoms with E-state index in [1.165, 1.54) is 29.5 Å². The number of hydrogen-bond acceptors (Lipinski definition) is 2. The summed E-state index contributed by atoms with van der Waals surface area (Å²) in [5.74, 6) is -0.540. The minimum atomic E-state index is -0.392. The van der Waals surface area contributed by atoms with Crippen LogP contribution in [0.3, 0.4) is 0 Å². The number of benzene rings is 1. The monoisotopic (exact) mass is 284 g/mol. The van der Waals surface area contributed by atoms with E-state index in [2.05, 4.69) is 15.9 Å². The summed E-state index contributed by atoms with van der Waals surface area (Å²) in [5.41, 5.74) is 0.379. The van der Waals surface area contributed by atoms with Crippen molar-refractivity contribution in [1.82, 2.24) is 0 Å². The van der Waals surface area contributed by atoms with Crippen molar-refractivity contribution in [2.75, 3.05) is 0 Å². The first-order valence-corrected chi connectivity index (χ1v) is 5.83. The van der Waals surface area contributed by atoms with Gasteiger partial charge in [-0.2, -0.15) is 0 Å². The Balaban J connectivity index is 2.36. The van der Waals surface area contributed by atoms with E-state index in [0.29, 0.717) is 10.4 Å². The molecule has 0 atom stereocenters. The molecular weight excluding hydrogens is 279 g/mol. The van der Waals surface area contributed by atoms with Crippen molar-refractivity contribution in [1.29, 1.82) is 0 Å². The van der Waals surface area contributed by atoms with Gasteiger partial charge in [-0.05, 0) is 40.2 Å². The molecule has 0 aliphatic heterocycles. The average molecular weight is 285 g/mol. The molecule has 15 heavy (non-hydrogen) atoms. The molecule has 0 bridgehead atoms. The fourth-order valence-electron chi connectivity index (χ4n) is 1.21. The van der Waals surface area contributed by atoms with Crippen molar-refractivity contribution in [2.45, 2.75) is 0 Å². The standard InChI is InChI=1S/C11H6BrFOS/c12-10-5-4-9(15-10)11(14)7-2-1-3-8(13)6-7/h1-6H. The van der Waals surface area contributed by atoms with Gasteiger partial charge in [0, 0.05) is 5.56 Å². The average Bonchev–Trinajstić information content (AvgIpc) is 2.64. The number of hydrogen-bond donors (Lipinski definition) is 0. The van der Waals surface area contributed by atoms with Gasteiger partial charge in [-0.15, -0.1) is 11.3 Å². The predicted molar refractivity (Wildman–Crippen MR) is 61.9 cm³/mol. The van der Waals surface area contributed by atoms with Crippen LogP contribution in [-0.4, -0.2) is 5.78 Å². The molecule has 1 aromatic carbocycles. The zero-order valence-corrected chi connectivity index (χ0v) is 9.94. The summed E-state index contributed by atoms with van der Waals surface area (Å²) in [4.78, 5) is 12.4. The summed E-state index contributed by atoms with van der Waals surface area (Å²) in [6.07, 6.45) is 0. The van der Waals surface area contributed by atoms with Crippen LogP contribution in [0.2, 0.25) is 0 Å². The van der Waals surface area contributed by atoms with Gasteiger partial charge in [-0.3, -0.25) is 4.79 Å². The molecule has 0 radical (unpaired) electrons. The van der Waals surface area contributed by atoms with Crippen LogP contribution in [0.4, 0.5) is 4.39 Å². The first-order valence-electron chi connectivity index (χ1n) is 4.22. The summed E-state index contributed by atoms with van der Waals surface area (Å²) in [6.45, 7) is 0. The second-order valence-electron chi connectivity index (χ2n) is 2.94. The molecule has 0 saturated heterocycles. The molecule has 0 aliphatic rings. The lowest BCUT2D eigenvalue weighted by atomic mass is 10.1. The number of thiophene rings is 1. The third-order valence-electron chi connectivity index (χ3n) is 1.88. The van der Waals surface area contributed by atoms with Crippen LogP contribution in [0.1, 0.15) is 15.2 Å². The predicted octanol–water partition coefficient (Wildman–Crippen LogP) is 3.88. The normalized spacial score (nSPS) is 10.3. The maximum atomic E-state index is 12.9. The smallest absolute Gasteiger partial charge is 0.203 e. The van der Waals surface area contributed by atoms with Crippen molar-refractivity contribution < 1.29 is 9.18 Å². The van der Waals surface area contributed by atoms with E-state index in [4.69, 9.17) is 0 Å². The molecule has 2 rings (SSSR count). The van der Waals surface area contributed by atoms with Crippen LogP contribution in [0.25, 0.3) is 0 Å². The lowest BCUT2D eigenvalue weighted by Crippen LogP contribution is -1.98. The van der Waals surface area contributed by atoms with Gasteiger partial charge in [0.15, 0.2) is 0 Å². The van der Waals surface area contributed by atoms with Gasteiger partial charge >= 0.3 is 0 Å². The molecule has 1 nitrogen and oxygen atoms in total. The fraction of sp³-hybridized carbons (Fsp3) is 0. The van der Waals surface area contributed by atoms with Crippen molar-refractivity contribution >= 4 is 33.0 Å². The molecule has 0 aliphatic carbocycles. The Morgan fingerprint density at radius 2 is 2.07 bits per heavy atom. The molecule has 76 valence electrons. The van der Waals surface area contributed by atoms with Crippen LogP contribution in [0.5, 0.6) is 0 Å². The minimum absolute atomic E-state index is 0.148. The van der Waals surface area contributed by atoms with Gasteiger partial charge in [-0.25, -0.2) is 4.39 Å². The van der Waals surface area contributed by atoms with Gasteiger partial charge in [-0.1, -0.05) is 12.1 Å². The highest BCUT2D eigenvalue weighted by Crippen LogP contribution is 2.24. The highest BCUT2D eigenvalue weighted by Gasteiger charge is 2.11. The van der Waals surface area contributed by atoms with E-state index in [-0.39, 0.29) is 5.78 Å². The van der Waals surface area contributed by atoms with Crippen LogP contribution in [0.15, 0.2) is 40.2 Å². The molecule has 0 fully saturated rings. The zero-order chi connectivity index (χ0) is 10.8. The van der Waals surface area contributed by atoms with E-state index in [1.54, 1.807) is 18.2 Å². The summed E-state index contributed by atoms with van der Waals surface area (Å²) in [7, 11) is 0. The second-order valence-corrected chi connectivity index (χ2v) is 5.41. The summed E-state index contributed by atoms with van der Waals surface area (Å²) in [5, 5.41) is 0. The topological polar surface area (TPSA) is 17.1 Å². The molecule has 0 amide bonds. The van der Waals surface area contributed by atoms with Crippen LogP contribution in [0, 0.1) is 5.82 Å². The van der Waals surface area contributed by atoms with Gasteiger partial charge in [0.25, 0.3) is 0 Å². The van der Waals surface area contributed by atoms with Crippen LogP contribution < -0.4 is 0 Å². The molecule has 0 saturated carbocycles. The fourth-order valence-corrected chi connectivity index (χ4v) is 2.56. The van der Waals surface area contributed by atoms with E-state index < -0.39 is 5.82 Å². The minimum Gasteiger partial charge on any atom is -0.288 e. The highest BCUT2D eigenvalue weighted by atomic mass is 79.9. The third-order valence-corrected chi connectivity index (χ3v) is 3.51. The lowest BCUT2D eigenvalue weighted by Gasteiger charge is -1.97. The Hall–Kier alpha value is -1.000. The summed E-state index contributed by atoms with van der Waals surface area (Å²) >= 11 is 4.62. The Morgan fingerprint density at radius 3 is 2.67 bits per heavy atom. The molecule has 1 heterocycles. The van der Waals surface area contributed by atoms with Crippen LogP contribution in [-0.2, 0) is 0 Å². The SMILES string of the molecule is O=C(c1cccc(F)c1)c1ccc(Br)s1. The molecule has 1 aromatic heterocycles. The third kappa shape index (κ3) is 2.33. The lowest BCUT2D eigenvalue weighted by molar-refractivity contribution is 0.104. The van der Waals surface area contributed by atoms with Gasteiger partial charge in [0.05, 0.1) is 8.66 Å². The van der Waals surface area contributed by atoms with Crippen LogP contribution >= 0.6 is 27.3 Å². The summed E-state index contributed by atoms with van der Waals surface area (Å²) in [6, 6.07) is 9.24. The number of rotatable bonds is 2. The Labute approximate surface area is 98.7 Å². The maximum Gasteiger partial charge on any atom is 0.203 e. The number of carbonyl (C=O) groups is 1. The van der Waals surface area contributed by atoms with Crippen molar-refractivity contribution in [2.24, 2.45) is 0 Å².